The number of thiazole rings is 1. The van der Waals surface area contributed by atoms with Crippen molar-refractivity contribution in [1.29, 1.82) is 0 Å². The maximum atomic E-state index is 13.7. The summed E-state index contributed by atoms with van der Waals surface area (Å²) in [5, 5.41) is 1.97. The Bertz CT molecular complexity index is 1620. The Morgan fingerprint density at radius 2 is 1.87 bits per heavy atom. The van der Waals surface area contributed by atoms with Gasteiger partial charge in [-0.1, -0.05) is 73.2 Å². The molecule has 0 saturated carbocycles. The maximum Gasteiger partial charge on any atom is 0.338 e. The Morgan fingerprint density at radius 3 is 2.58 bits per heavy atom. The van der Waals surface area contributed by atoms with Gasteiger partial charge in [-0.05, 0) is 54.1 Å². The summed E-state index contributed by atoms with van der Waals surface area (Å²) in [6.07, 6.45) is 3.90. The van der Waals surface area contributed by atoms with Crippen LogP contribution in [0.5, 0.6) is 5.75 Å². The molecule has 1 aliphatic heterocycles. The molecule has 0 saturated heterocycles. The average Bonchev–Trinajstić information content (AvgIpc) is 3.55. The molecule has 2 aromatic heterocycles. The van der Waals surface area contributed by atoms with Gasteiger partial charge in [-0.3, -0.25) is 9.36 Å². The van der Waals surface area contributed by atoms with Crippen molar-refractivity contribution in [3.8, 4) is 5.75 Å². The molecule has 8 heteroatoms. The highest BCUT2D eigenvalue weighted by Gasteiger charge is 2.33. The van der Waals surface area contributed by atoms with E-state index in [-0.39, 0.29) is 12.2 Å². The molecule has 0 radical (unpaired) electrons. The van der Waals surface area contributed by atoms with Crippen LogP contribution >= 0.6 is 22.7 Å². The van der Waals surface area contributed by atoms with Crippen LogP contribution in [0.25, 0.3) is 6.08 Å². The summed E-state index contributed by atoms with van der Waals surface area (Å²) in [6.45, 7) is 4.69. The summed E-state index contributed by atoms with van der Waals surface area (Å²) in [5.41, 5.74) is 2.39. The Balaban J connectivity index is 1.55. The monoisotopic (exact) mass is 544 g/mol. The third kappa shape index (κ3) is 5.56. The SMILES string of the molecule is CCCCOc1ccc(C2C(C(=O)OCc3ccccc3)=C(C)N=c3s/c(=C\c4cccs4)c(=O)n32)cc1. The number of nitrogens with zero attached hydrogens (tertiary/aromatic N) is 2. The first-order valence-corrected chi connectivity index (χ1v) is 14.2. The van der Waals surface area contributed by atoms with Gasteiger partial charge in [0.2, 0.25) is 0 Å². The maximum absolute atomic E-state index is 13.7. The lowest BCUT2D eigenvalue weighted by atomic mass is 9.96. The van der Waals surface area contributed by atoms with Crippen molar-refractivity contribution in [3.05, 3.63) is 119 Å². The molecule has 0 fully saturated rings. The molecule has 2 aromatic carbocycles. The number of benzene rings is 2. The zero-order valence-electron chi connectivity index (χ0n) is 21.3. The number of thiophene rings is 1. The fourth-order valence-electron chi connectivity index (χ4n) is 4.28. The molecule has 194 valence electrons. The van der Waals surface area contributed by atoms with Crippen molar-refractivity contribution >= 4 is 34.7 Å². The first kappa shape index (κ1) is 25.9. The van der Waals surface area contributed by atoms with Gasteiger partial charge in [-0.15, -0.1) is 11.3 Å². The highest BCUT2D eigenvalue weighted by Crippen LogP contribution is 2.32. The van der Waals surface area contributed by atoms with Crippen molar-refractivity contribution in [2.24, 2.45) is 4.99 Å². The molecule has 1 aliphatic rings. The first-order chi connectivity index (χ1) is 18.5. The highest BCUT2D eigenvalue weighted by atomic mass is 32.1. The van der Waals surface area contributed by atoms with E-state index >= 15 is 0 Å². The first-order valence-electron chi connectivity index (χ1n) is 12.5. The van der Waals surface area contributed by atoms with Crippen molar-refractivity contribution in [3.63, 3.8) is 0 Å². The summed E-state index contributed by atoms with van der Waals surface area (Å²) in [7, 11) is 0. The molecule has 6 nitrogen and oxygen atoms in total. The second-order valence-electron chi connectivity index (χ2n) is 8.93. The Labute approximate surface area is 228 Å². The van der Waals surface area contributed by atoms with Gasteiger partial charge >= 0.3 is 5.97 Å². The van der Waals surface area contributed by atoms with Crippen LogP contribution in [0.15, 0.2) is 93.2 Å². The second kappa shape index (κ2) is 11.8. The van der Waals surface area contributed by atoms with Crippen molar-refractivity contribution < 1.29 is 14.3 Å². The Morgan fingerprint density at radius 1 is 1.08 bits per heavy atom. The van der Waals surface area contributed by atoms with E-state index in [4.69, 9.17) is 9.47 Å². The van der Waals surface area contributed by atoms with E-state index in [9.17, 15) is 9.59 Å². The fourth-order valence-corrected chi connectivity index (χ4v) is 6.05. The largest absolute Gasteiger partial charge is 0.494 e. The number of unbranched alkanes of at least 4 members (excludes halogenated alkanes) is 1. The molecule has 0 aliphatic carbocycles. The predicted molar refractivity (Wildman–Crippen MR) is 151 cm³/mol. The van der Waals surface area contributed by atoms with Crippen LogP contribution in [-0.2, 0) is 16.1 Å². The van der Waals surface area contributed by atoms with Crippen LogP contribution in [0, 0.1) is 0 Å². The molecule has 5 rings (SSSR count). The Kier molecular flexibility index (Phi) is 8.00. The fraction of sp³-hybridized carbons (Fsp3) is 0.233. The third-order valence-corrected chi connectivity index (χ3v) is 8.04. The highest BCUT2D eigenvalue weighted by molar-refractivity contribution is 7.11. The zero-order chi connectivity index (χ0) is 26.5. The van der Waals surface area contributed by atoms with Crippen LogP contribution < -0.4 is 19.6 Å². The van der Waals surface area contributed by atoms with Crippen molar-refractivity contribution in [2.45, 2.75) is 39.3 Å². The second-order valence-corrected chi connectivity index (χ2v) is 10.9. The number of aromatic nitrogens is 1. The van der Waals surface area contributed by atoms with E-state index in [0.29, 0.717) is 27.2 Å². The molecule has 1 unspecified atom stereocenters. The smallest absolute Gasteiger partial charge is 0.338 e. The lowest BCUT2D eigenvalue weighted by Gasteiger charge is -2.25. The van der Waals surface area contributed by atoms with E-state index in [1.807, 2.05) is 78.2 Å². The van der Waals surface area contributed by atoms with Gasteiger partial charge < -0.3 is 9.47 Å². The minimum atomic E-state index is -0.662. The van der Waals surface area contributed by atoms with Crippen molar-refractivity contribution in [2.75, 3.05) is 6.61 Å². The average molecular weight is 545 g/mol. The molecule has 0 bridgehead atoms. The van der Waals surface area contributed by atoms with Gasteiger partial charge in [0.25, 0.3) is 5.56 Å². The molecule has 0 spiro atoms. The predicted octanol–water partition coefficient (Wildman–Crippen LogP) is 5.22. The number of carbonyl (C=O) groups is 1. The number of hydrogen-bond acceptors (Lipinski definition) is 7. The summed E-state index contributed by atoms with van der Waals surface area (Å²) >= 11 is 2.89. The quantitative estimate of drug-likeness (QED) is 0.214. The topological polar surface area (TPSA) is 69.9 Å². The molecule has 0 N–H and O–H groups in total. The number of rotatable bonds is 9. The van der Waals surface area contributed by atoms with Crippen LogP contribution in [-0.4, -0.2) is 17.1 Å². The Hall–Kier alpha value is -3.75. The molecule has 0 amide bonds. The number of hydrogen-bond donors (Lipinski definition) is 0. The summed E-state index contributed by atoms with van der Waals surface area (Å²) in [4.78, 5) is 33.4. The summed E-state index contributed by atoms with van der Waals surface area (Å²) < 4.78 is 13.7. The van der Waals surface area contributed by atoms with Crippen LogP contribution in [0.4, 0.5) is 0 Å². The van der Waals surface area contributed by atoms with E-state index in [1.54, 1.807) is 22.8 Å². The zero-order valence-corrected chi connectivity index (χ0v) is 22.9. The number of fused-ring (bicyclic) bond motifs is 1. The minimum Gasteiger partial charge on any atom is -0.494 e. The normalized spacial score (nSPS) is 15.2. The third-order valence-electron chi connectivity index (χ3n) is 6.23. The number of esters is 1. The van der Waals surface area contributed by atoms with Gasteiger partial charge in [0, 0.05) is 4.88 Å². The molecular formula is C30H28N2O4S2. The van der Waals surface area contributed by atoms with Crippen LogP contribution in [0.1, 0.15) is 48.7 Å². The number of carbonyl (C=O) groups excluding carboxylic acids is 1. The molecule has 3 heterocycles. The van der Waals surface area contributed by atoms with Crippen LogP contribution in [0.2, 0.25) is 0 Å². The van der Waals surface area contributed by atoms with E-state index in [0.717, 1.165) is 34.6 Å². The molecule has 4 aromatic rings. The van der Waals surface area contributed by atoms with Gasteiger partial charge in [0.15, 0.2) is 4.80 Å². The van der Waals surface area contributed by atoms with Gasteiger partial charge in [0.1, 0.15) is 12.4 Å². The standard InChI is InChI=1S/C30H28N2O4S2/c1-3-4-16-35-23-14-12-22(13-15-23)27-26(29(34)36-19-21-9-6-5-7-10-21)20(2)31-30-32(27)28(33)25(38-30)18-24-11-8-17-37-24/h5-15,17-18,27H,3-4,16,19H2,1-2H3/b25-18-. The minimum absolute atomic E-state index is 0.135. The molecule has 38 heavy (non-hydrogen) atoms. The van der Waals surface area contributed by atoms with Gasteiger partial charge in [-0.2, -0.15) is 0 Å². The van der Waals surface area contributed by atoms with Gasteiger partial charge in [-0.25, -0.2) is 9.79 Å². The lowest BCUT2D eigenvalue weighted by molar-refractivity contribution is -0.140. The summed E-state index contributed by atoms with van der Waals surface area (Å²) in [5.74, 6) is 0.261. The molecule has 1 atom stereocenters. The number of ether oxygens (including phenoxy) is 2. The summed E-state index contributed by atoms with van der Waals surface area (Å²) in [6, 6.07) is 20.4. The molecular weight excluding hydrogens is 516 g/mol. The van der Waals surface area contributed by atoms with E-state index < -0.39 is 12.0 Å². The van der Waals surface area contributed by atoms with Crippen molar-refractivity contribution in [1.82, 2.24) is 4.57 Å². The van der Waals surface area contributed by atoms with Crippen LogP contribution in [0.3, 0.4) is 0 Å². The van der Waals surface area contributed by atoms with E-state index in [1.165, 1.54) is 11.3 Å². The number of allylic oxidation sites excluding steroid dienone is 1. The van der Waals surface area contributed by atoms with Gasteiger partial charge in [0.05, 0.1) is 28.5 Å². The van der Waals surface area contributed by atoms with E-state index in [2.05, 4.69) is 11.9 Å². The lowest BCUT2D eigenvalue weighted by Crippen LogP contribution is -2.39.